The van der Waals surface area contributed by atoms with Gasteiger partial charge in [-0.1, -0.05) is 26.0 Å². The summed E-state index contributed by atoms with van der Waals surface area (Å²) in [4.78, 5) is 23.4. The van der Waals surface area contributed by atoms with Crippen LogP contribution in [0.3, 0.4) is 0 Å². The molecule has 0 saturated heterocycles. The molecule has 0 unspecified atom stereocenters. The Hall–Kier alpha value is -2.98. The molecule has 2 aromatic carbocycles. The van der Waals surface area contributed by atoms with Crippen LogP contribution < -0.4 is 10.6 Å². The van der Waals surface area contributed by atoms with E-state index in [1.807, 2.05) is 0 Å². The number of nitro groups is 1. The first-order valence-electron chi connectivity index (χ1n) is 9.52. The second kappa shape index (κ2) is 9.68. The maximum Gasteiger partial charge on any atom is 0.293 e. The van der Waals surface area contributed by atoms with Crippen LogP contribution >= 0.6 is 0 Å². The Kier molecular flexibility index (Phi) is 7.52. The molecule has 1 amide bonds. The number of benzene rings is 2. The highest BCUT2D eigenvalue weighted by Gasteiger charge is 2.22. The third-order valence-electron chi connectivity index (χ3n) is 4.80. The highest BCUT2D eigenvalue weighted by atomic mass is 32.2. The van der Waals surface area contributed by atoms with E-state index in [0.717, 1.165) is 0 Å². The molecule has 2 N–H and O–H groups in total. The van der Waals surface area contributed by atoms with E-state index in [1.54, 1.807) is 40.0 Å². The summed E-state index contributed by atoms with van der Waals surface area (Å²) in [5.41, 5.74) is 0.995. The van der Waals surface area contributed by atoms with E-state index in [4.69, 9.17) is 0 Å². The lowest BCUT2D eigenvalue weighted by atomic mass is 10.1. The van der Waals surface area contributed by atoms with Crippen molar-refractivity contribution >= 4 is 27.3 Å². The molecule has 0 aliphatic heterocycles. The Morgan fingerprint density at radius 3 is 2.23 bits per heavy atom. The Morgan fingerprint density at radius 1 is 1.13 bits per heavy atom. The molecular weight excluding hydrogens is 408 g/mol. The highest BCUT2D eigenvalue weighted by Crippen LogP contribution is 2.25. The zero-order valence-corrected chi connectivity index (χ0v) is 18.2. The van der Waals surface area contributed by atoms with Crippen LogP contribution in [0.5, 0.6) is 0 Å². The second-order valence-corrected chi connectivity index (χ2v) is 8.53. The minimum Gasteiger partial charge on any atom is -0.383 e. The molecule has 0 bridgehead atoms. The van der Waals surface area contributed by atoms with Crippen LogP contribution in [0, 0.1) is 10.1 Å². The van der Waals surface area contributed by atoms with Crippen LogP contribution in [-0.2, 0) is 10.0 Å². The molecule has 0 heterocycles. The normalized spacial score (nSPS) is 12.4. The molecule has 2 aromatic rings. The Bertz CT molecular complexity index is 1020. The minimum atomic E-state index is -3.55. The molecule has 0 aliphatic carbocycles. The summed E-state index contributed by atoms with van der Waals surface area (Å²) in [6, 6.07) is 10.1. The monoisotopic (exact) mass is 434 g/mol. The molecule has 30 heavy (non-hydrogen) atoms. The molecule has 0 saturated carbocycles. The van der Waals surface area contributed by atoms with Crippen LogP contribution in [0.4, 0.5) is 11.4 Å². The van der Waals surface area contributed by atoms with Gasteiger partial charge in [-0.15, -0.1) is 0 Å². The summed E-state index contributed by atoms with van der Waals surface area (Å²) < 4.78 is 26.5. The molecule has 10 heteroatoms. The van der Waals surface area contributed by atoms with Crippen molar-refractivity contribution in [3.05, 3.63) is 63.7 Å². The Morgan fingerprint density at radius 2 is 1.73 bits per heavy atom. The van der Waals surface area contributed by atoms with E-state index in [-0.39, 0.29) is 16.1 Å². The molecule has 0 spiro atoms. The van der Waals surface area contributed by atoms with Gasteiger partial charge in [-0.25, -0.2) is 8.42 Å². The number of sulfonamides is 1. The topological polar surface area (TPSA) is 122 Å². The Labute approximate surface area is 176 Å². The number of hydrogen-bond donors (Lipinski definition) is 2. The number of amides is 1. The van der Waals surface area contributed by atoms with Gasteiger partial charge in [0.15, 0.2) is 0 Å². The molecule has 9 nitrogen and oxygen atoms in total. The summed E-state index contributed by atoms with van der Waals surface area (Å²) in [5.74, 6) is -0.465. The second-order valence-electron chi connectivity index (χ2n) is 6.59. The van der Waals surface area contributed by atoms with E-state index in [0.29, 0.717) is 24.3 Å². The highest BCUT2D eigenvalue weighted by molar-refractivity contribution is 7.89. The maximum absolute atomic E-state index is 12.6. The van der Waals surface area contributed by atoms with Crippen molar-refractivity contribution in [2.75, 3.05) is 25.5 Å². The largest absolute Gasteiger partial charge is 0.383 e. The summed E-state index contributed by atoms with van der Waals surface area (Å²) in [6.45, 7) is 6.07. The molecule has 162 valence electrons. The zero-order chi connectivity index (χ0) is 22.5. The van der Waals surface area contributed by atoms with E-state index in [9.17, 15) is 23.3 Å². The van der Waals surface area contributed by atoms with Crippen molar-refractivity contribution in [3.8, 4) is 0 Å². The number of hydrogen-bond acceptors (Lipinski definition) is 6. The molecular formula is C20H26N4O5S. The van der Waals surface area contributed by atoms with Crippen molar-refractivity contribution in [2.24, 2.45) is 0 Å². The van der Waals surface area contributed by atoms with Gasteiger partial charge in [-0.05, 0) is 36.8 Å². The van der Waals surface area contributed by atoms with Gasteiger partial charge in [0.05, 0.1) is 15.9 Å². The summed E-state index contributed by atoms with van der Waals surface area (Å²) in [5, 5.41) is 16.7. The minimum absolute atomic E-state index is 0.160. The van der Waals surface area contributed by atoms with Crippen molar-refractivity contribution < 1.29 is 18.1 Å². The molecule has 0 radical (unpaired) electrons. The van der Waals surface area contributed by atoms with Crippen LogP contribution in [-0.4, -0.2) is 43.7 Å². The van der Waals surface area contributed by atoms with Gasteiger partial charge in [0, 0.05) is 31.8 Å². The number of anilines is 1. The molecule has 1 atom stereocenters. The number of nitro benzene ring substituents is 1. The van der Waals surface area contributed by atoms with Crippen LogP contribution in [0.2, 0.25) is 0 Å². The van der Waals surface area contributed by atoms with Gasteiger partial charge >= 0.3 is 0 Å². The molecule has 0 fully saturated rings. The smallest absolute Gasteiger partial charge is 0.293 e. The third kappa shape index (κ3) is 4.95. The van der Waals surface area contributed by atoms with Gasteiger partial charge in [-0.2, -0.15) is 4.31 Å². The van der Waals surface area contributed by atoms with Crippen LogP contribution in [0.25, 0.3) is 0 Å². The van der Waals surface area contributed by atoms with E-state index in [2.05, 4.69) is 10.6 Å². The van der Waals surface area contributed by atoms with Gasteiger partial charge in [0.2, 0.25) is 10.0 Å². The van der Waals surface area contributed by atoms with Crippen LogP contribution in [0.1, 0.15) is 42.7 Å². The first-order chi connectivity index (χ1) is 14.1. The zero-order valence-electron chi connectivity index (χ0n) is 17.4. The average molecular weight is 435 g/mol. The fraction of sp³-hybridized carbons (Fsp3) is 0.350. The quantitative estimate of drug-likeness (QED) is 0.462. The van der Waals surface area contributed by atoms with Crippen molar-refractivity contribution in [2.45, 2.75) is 31.7 Å². The molecule has 2 rings (SSSR count). The number of nitrogens with zero attached hydrogens (tertiary/aromatic N) is 2. The lowest BCUT2D eigenvalue weighted by Crippen LogP contribution is -2.30. The summed E-state index contributed by atoms with van der Waals surface area (Å²) in [6.07, 6.45) is 0. The van der Waals surface area contributed by atoms with Crippen molar-refractivity contribution in [1.82, 2.24) is 9.62 Å². The van der Waals surface area contributed by atoms with E-state index >= 15 is 0 Å². The van der Waals surface area contributed by atoms with Gasteiger partial charge in [0.25, 0.3) is 11.6 Å². The fourth-order valence-corrected chi connectivity index (χ4v) is 4.50. The average Bonchev–Trinajstić information content (AvgIpc) is 2.73. The number of rotatable bonds is 9. The number of nitrogens with one attached hydrogen (secondary N) is 2. The lowest BCUT2D eigenvalue weighted by Gasteiger charge is -2.19. The predicted octanol–water partition coefficient (Wildman–Crippen LogP) is 3.16. The number of carbonyl (C=O) groups is 1. The maximum atomic E-state index is 12.6. The van der Waals surface area contributed by atoms with Gasteiger partial charge in [-0.3, -0.25) is 14.9 Å². The first kappa shape index (κ1) is 23.3. The van der Waals surface area contributed by atoms with E-state index in [1.165, 1.54) is 34.6 Å². The first-order valence-corrected chi connectivity index (χ1v) is 11.0. The van der Waals surface area contributed by atoms with Crippen molar-refractivity contribution in [3.63, 3.8) is 0 Å². The fourth-order valence-electron chi connectivity index (χ4n) is 3.04. The predicted molar refractivity (Wildman–Crippen MR) is 115 cm³/mol. The van der Waals surface area contributed by atoms with E-state index < -0.39 is 26.9 Å². The third-order valence-corrected chi connectivity index (χ3v) is 6.86. The standard InChI is InChI=1S/C20H26N4O5S/c1-5-23(6-2)30(28,29)17-10-7-15(8-11-17)14(3)22-20(25)16-9-12-18(21-4)19(13-16)24(26)27/h7-14,21H,5-6H2,1-4H3,(H,22,25)/t14-/m0/s1. The summed E-state index contributed by atoms with van der Waals surface area (Å²) in [7, 11) is -1.99. The Balaban J connectivity index is 2.18. The van der Waals surface area contributed by atoms with Gasteiger partial charge < -0.3 is 10.6 Å². The van der Waals surface area contributed by atoms with Crippen LogP contribution in [0.15, 0.2) is 47.4 Å². The lowest BCUT2D eigenvalue weighted by molar-refractivity contribution is -0.384. The molecule has 0 aliphatic rings. The van der Waals surface area contributed by atoms with Gasteiger partial charge in [0.1, 0.15) is 5.69 Å². The molecule has 0 aromatic heterocycles. The SMILES string of the molecule is CCN(CC)S(=O)(=O)c1ccc([C@H](C)NC(=O)c2ccc(NC)c([N+](=O)[O-])c2)cc1. The van der Waals surface area contributed by atoms with Crippen molar-refractivity contribution in [1.29, 1.82) is 0 Å². The summed E-state index contributed by atoms with van der Waals surface area (Å²) >= 11 is 0. The number of carbonyl (C=O) groups excluding carboxylic acids is 1.